The van der Waals surface area contributed by atoms with Crippen LogP contribution in [0.15, 0.2) is 51.9 Å². The van der Waals surface area contributed by atoms with E-state index in [9.17, 15) is 9.90 Å². The number of nitrogens with zero attached hydrogens (tertiary/aromatic N) is 4. The monoisotopic (exact) mass is 462 g/mol. The Bertz CT molecular complexity index is 1460. The summed E-state index contributed by atoms with van der Waals surface area (Å²) in [5.41, 5.74) is 1.55. The van der Waals surface area contributed by atoms with Crippen LogP contribution in [0.4, 0.5) is 0 Å². The van der Waals surface area contributed by atoms with E-state index in [0.717, 1.165) is 46.4 Å². The molecule has 1 aliphatic heterocycles. The molecule has 33 heavy (non-hydrogen) atoms. The van der Waals surface area contributed by atoms with E-state index in [1.165, 1.54) is 24.2 Å². The largest absolute Gasteiger partial charge is 0.467 e. The average Bonchev–Trinajstić information content (AvgIpc) is 3.59. The quantitative estimate of drug-likeness (QED) is 0.494. The number of rotatable bonds is 5. The molecule has 2 aliphatic rings. The van der Waals surface area contributed by atoms with Gasteiger partial charge in [0.2, 0.25) is 5.13 Å². The molecule has 0 spiro atoms. The predicted octanol–water partition coefficient (Wildman–Crippen LogP) is 2.77. The van der Waals surface area contributed by atoms with E-state index < -0.39 is 6.23 Å². The number of fused-ring (bicyclic) bond motifs is 2. The van der Waals surface area contributed by atoms with Gasteiger partial charge < -0.3 is 14.4 Å². The molecule has 1 aliphatic carbocycles. The van der Waals surface area contributed by atoms with Crippen LogP contribution in [-0.2, 0) is 13.1 Å². The number of furan rings is 1. The Morgan fingerprint density at radius 2 is 2.00 bits per heavy atom. The summed E-state index contributed by atoms with van der Waals surface area (Å²) in [5.74, 6) is 1.26. The zero-order valence-corrected chi connectivity index (χ0v) is 19.3. The Morgan fingerprint density at radius 1 is 1.18 bits per heavy atom. The standard InChI is InChI=1S/C25H26N4O3S/c1-16-23-20(13-22(30)27(16)15-18-9-6-12-32-18)28(14-17-7-2-3-8-17)29(24(23)31)25-26-19-10-4-5-11-21(19)33-25/h4-6,9-13,17,22,30H,2-3,7-8,14-15H2,1H3. The molecule has 0 bridgehead atoms. The van der Waals surface area contributed by atoms with Crippen molar-refractivity contribution < 1.29 is 9.52 Å². The molecule has 1 aromatic carbocycles. The molecule has 6 rings (SSSR count). The highest BCUT2D eigenvalue weighted by atomic mass is 32.1. The lowest BCUT2D eigenvalue weighted by Gasteiger charge is -2.30. The van der Waals surface area contributed by atoms with Crippen LogP contribution in [0.5, 0.6) is 0 Å². The second-order valence-corrected chi connectivity index (χ2v) is 9.96. The van der Waals surface area contributed by atoms with Gasteiger partial charge in [-0.3, -0.25) is 9.48 Å². The van der Waals surface area contributed by atoms with Crippen LogP contribution in [0, 0.1) is 5.92 Å². The molecule has 0 saturated heterocycles. The maximum absolute atomic E-state index is 13.9. The number of aliphatic hydroxyl groups excluding tert-OH is 1. The second kappa shape index (κ2) is 8.04. The van der Waals surface area contributed by atoms with Gasteiger partial charge in [-0.25, -0.2) is 4.98 Å². The Kier molecular flexibility index (Phi) is 4.99. The van der Waals surface area contributed by atoms with Gasteiger partial charge in [0.05, 0.1) is 33.6 Å². The highest BCUT2D eigenvalue weighted by Crippen LogP contribution is 2.27. The summed E-state index contributed by atoms with van der Waals surface area (Å²) in [4.78, 5) is 20.5. The average molecular weight is 463 g/mol. The summed E-state index contributed by atoms with van der Waals surface area (Å²) in [6, 6.07) is 11.7. The van der Waals surface area contributed by atoms with Crippen molar-refractivity contribution in [1.29, 1.82) is 0 Å². The van der Waals surface area contributed by atoms with E-state index >= 15 is 0 Å². The summed E-state index contributed by atoms with van der Waals surface area (Å²) in [5, 5.41) is 13.1. The van der Waals surface area contributed by atoms with Gasteiger partial charge in [0.1, 0.15) is 12.0 Å². The molecular formula is C25H26N4O3S. The lowest BCUT2D eigenvalue weighted by Crippen LogP contribution is -2.49. The molecule has 7 nitrogen and oxygen atoms in total. The van der Waals surface area contributed by atoms with Crippen LogP contribution in [0.25, 0.3) is 27.1 Å². The summed E-state index contributed by atoms with van der Waals surface area (Å²) in [7, 11) is 0. The molecule has 1 fully saturated rings. The Morgan fingerprint density at radius 3 is 2.76 bits per heavy atom. The van der Waals surface area contributed by atoms with Crippen LogP contribution in [-0.4, -0.2) is 30.6 Å². The molecule has 1 unspecified atom stereocenters. The molecule has 1 atom stereocenters. The van der Waals surface area contributed by atoms with Crippen molar-refractivity contribution in [2.45, 2.75) is 51.9 Å². The van der Waals surface area contributed by atoms with Gasteiger partial charge in [0.15, 0.2) is 0 Å². The van der Waals surface area contributed by atoms with Crippen LogP contribution in [0.3, 0.4) is 0 Å². The predicted molar refractivity (Wildman–Crippen MR) is 128 cm³/mol. The van der Waals surface area contributed by atoms with Gasteiger partial charge in [-0.15, -0.1) is 0 Å². The minimum absolute atomic E-state index is 0.0906. The maximum atomic E-state index is 13.9. The molecular weight excluding hydrogens is 436 g/mol. The maximum Gasteiger partial charge on any atom is 0.283 e. The van der Waals surface area contributed by atoms with Crippen LogP contribution in [0.2, 0.25) is 0 Å². The number of hydrogen-bond acceptors (Lipinski definition) is 6. The molecule has 0 amide bonds. The van der Waals surface area contributed by atoms with Crippen molar-refractivity contribution in [1.82, 2.24) is 19.2 Å². The third-order valence-electron chi connectivity index (χ3n) is 6.88. The summed E-state index contributed by atoms with van der Waals surface area (Å²) in [6.07, 6.45) is 7.36. The van der Waals surface area contributed by atoms with Crippen LogP contribution >= 0.6 is 11.3 Å². The molecule has 1 saturated carbocycles. The van der Waals surface area contributed by atoms with Crippen molar-refractivity contribution in [2.24, 2.45) is 5.92 Å². The highest BCUT2D eigenvalue weighted by Gasteiger charge is 2.27. The van der Waals surface area contributed by atoms with Gasteiger partial charge in [-0.2, -0.15) is 4.68 Å². The highest BCUT2D eigenvalue weighted by molar-refractivity contribution is 7.20. The van der Waals surface area contributed by atoms with Gasteiger partial charge in [-0.05, 0) is 56.0 Å². The first kappa shape index (κ1) is 20.5. The first-order valence-corrected chi connectivity index (χ1v) is 12.3. The molecule has 0 radical (unpaired) electrons. The third kappa shape index (κ3) is 3.45. The van der Waals surface area contributed by atoms with Crippen LogP contribution < -0.4 is 16.1 Å². The first-order valence-electron chi connectivity index (χ1n) is 11.5. The summed E-state index contributed by atoms with van der Waals surface area (Å²) >= 11 is 1.52. The van der Waals surface area contributed by atoms with Crippen molar-refractivity contribution in [3.05, 3.63) is 69.3 Å². The zero-order chi connectivity index (χ0) is 22.5. The SMILES string of the molecule is CC1=c2c(n(CC3CCCC3)n(-c3nc4ccccc4s3)c2=O)=CC(O)N1Cc1ccco1. The van der Waals surface area contributed by atoms with E-state index in [1.54, 1.807) is 17.0 Å². The molecule has 4 heterocycles. The number of thiazole rings is 1. The number of aromatic nitrogens is 3. The summed E-state index contributed by atoms with van der Waals surface area (Å²) < 4.78 is 10.3. The molecule has 8 heteroatoms. The fourth-order valence-corrected chi connectivity index (χ4v) is 6.16. The molecule has 4 aromatic rings. The van der Waals surface area contributed by atoms with Gasteiger partial charge in [-0.1, -0.05) is 36.3 Å². The molecule has 1 N–H and O–H groups in total. The Hall–Kier alpha value is -3.10. The van der Waals surface area contributed by atoms with Crippen LogP contribution in [0.1, 0.15) is 38.4 Å². The Labute approximate surface area is 194 Å². The van der Waals surface area contributed by atoms with Crippen molar-refractivity contribution >= 4 is 33.3 Å². The zero-order valence-electron chi connectivity index (χ0n) is 18.5. The van der Waals surface area contributed by atoms with E-state index in [1.807, 2.05) is 48.2 Å². The third-order valence-corrected chi connectivity index (χ3v) is 7.89. The molecule has 3 aromatic heterocycles. The number of benzene rings is 1. The van der Waals surface area contributed by atoms with Gasteiger partial charge >= 0.3 is 0 Å². The first-order chi connectivity index (χ1) is 16.1. The lowest BCUT2D eigenvalue weighted by molar-refractivity contribution is 0.0872. The summed E-state index contributed by atoms with van der Waals surface area (Å²) in [6.45, 7) is 3.04. The fraction of sp³-hybridized carbons (Fsp3) is 0.360. The van der Waals surface area contributed by atoms with Crippen molar-refractivity contribution in [3.63, 3.8) is 0 Å². The van der Waals surface area contributed by atoms with Crippen molar-refractivity contribution in [3.8, 4) is 5.13 Å². The Balaban J connectivity index is 1.57. The number of aliphatic hydroxyl groups is 1. The smallest absolute Gasteiger partial charge is 0.283 e. The molecule has 170 valence electrons. The van der Waals surface area contributed by atoms with Gasteiger partial charge in [0.25, 0.3) is 5.56 Å². The minimum Gasteiger partial charge on any atom is -0.467 e. The lowest BCUT2D eigenvalue weighted by atomic mass is 10.1. The minimum atomic E-state index is -0.844. The normalized spacial score (nSPS) is 18.8. The second-order valence-electron chi connectivity index (χ2n) is 8.95. The van der Waals surface area contributed by atoms with E-state index in [4.69, 9.17) is 9.40 Å². The van der Waals surface area contributed by atoms with E-state index in [0.29, 0.717) is 22.8 Å². The fourth-order valence-electron chi connectivity index (χ4n) is 5.19. The van der Waals surface area contributed by atoms with Gasteiger partial charge in [0, 0.05) is 12.2 Å². The van der Waals surface area contributed by atoms with E-state index in [2.05, 4.69) is 4.68 Å². The van der Waals surface area contributed by atoms with Crippen molar-refractivity contribution in [2.75, 3.05) is 0 Å². The number of hydrogen-bond donors (Lipinski definition) is 1. The number of para-hydroxylation sites is 1. The van der Waals surface area contributed by atoms with E-state index in [-0.39, 0.29) is 5.56 Å². The topological polar surface area (TPSA) is 76.4 Å².